The van der Waals surface area contributed by atoms with Gasteiger partial charge in [-0.1, -0.05) is 0 Å². The number of rotatable bonds is 4. The van der Waals surface area contributed by atoms with Gasteiger partial charge in [-0.25, -0.2) is 4.57 Å². The number of benzene rings is 1. The number of hydrogen-bond acceptors (Lipinski definition) is 2. The maximum Gasteiger partial charge on any atom is 0.226 e. The van der Waals surface area contributed by atoms with Crippen LogP contribution in [0.3, 0.4) is 0 Å². The third kappa shape index (κ3) is 3.77. The number of aromatic nitrogens is 1. The molecule has 5 heteroatoms. The van der Waals surface area contributed by atoms with Gasteiger partial charge in [0.2, 0.25) is 13.9 Å². The lowest BCUT2D eigenvalue weighted by molar-refractivity contribution is -0.644. The van der Waals surface area contributed by atoms with Crippen molar-refractivity contribution in [2.24, 2.45) is 7.05 Å². The van der Waals surface area contributed by atoms with Gasteiger partial charge in [-0.3, -0.25) is 0 Å². The number of hydrogen-bond donors (Lipinski definition) is 0. The van der Waals surface area contributed by atoms with Gasteiger partial charge in [-0.05, 0) is 25.1 Å². The summed E-state index contributed by atoms with van der Waals surface area (Å²) >= 11 is 0. The number of aryl methyl sites for hydroxylation is 1. The van der Waals surface area contributed by atoms with Gasteiger partial charge in [0.25, 0.3) is 0 Å². The average molecular weight is 377 g/mol. The first-order valence-electron chi connectivity index (χ1n) is 5.63. The van der Waals surface area contributed by atoms with Crippen LogP contribution in [0.15, 0.2) is 36.5 Å². The fraction of sp³-hybridized carbons (Fsp3) is 0.308. The van der Waals surface area contributed by atoms with Crippen LogP contribution in [-0.2, 0) is 11.6 Å². The SMILES string of the molecule is CCOP(C)Oc1ccc2ccc[n+](C)c2c1.[I-]. The van der Waals surface area contributed by atoms with Crippen molar-refractivity contribution in [1.82, 2.24) is 0 Å². The van der Waals surface area contributed by atoms with Crippen LogP contribution >= 0.6 is 8.38 Å². The number of fused-ring (bicyclic) bond motifs is 1. The molecule has 2 rings (SSSR count). The summed E-state index contributed by atoms with van der Waals surface area (Å²) in [5.41, 5.74) is 1.16. The van der Waals surface area contributed by atoms with Crippen molar-refractivity contribution in [3.63, 3.8) is 0 Å². The van der Waals surface area contributed by atoms with Crippen molar-refractivity contribution in [2.45, 2.75) is 6.92 Å². The summed E-state index contributed by atoms with van der Waals surface area (Å²) < 4.78 is 13.3. The molecule has 98 valence electrons. The minimum absolute atomic E-state index is 0. The third-order valence-corrected chi connectivity index (χ3v) is 3.60. The van der Waals surface area contributed by atoms with Crippen molar-refractivity contribution in [3.8, 4) is 5.75 Å². The summed E-state index contributed by atoms with van der Waals surface area (Å²) in [5.74, 6) is 0.862. The second-order valence-corrected chi connectivity index (χ2v) is 5.11. The molecule has 2 aromatic rings. The highest BCUT2D eigenvalue weighted by atomic mass is 127. The zero-order valence-corrected chi connectivity index (χ0v) is 13.8. The van der Waals surface area contributed by atoms with E-state index in [2.05, 4.69) is 16.7 Å². The molecule has 0 spiro atoms. The molecule has 1 aromatic carbocycles. The first-order chi connectivity index (χ1) is 8.20. The van der Waals surface area contributed by atoms with Crippen LogP contribution < -0.4 is 33.1 Å². The Hall–Kier alpha value is -0.450. The van der Waals surface area contributed by atoms with Crippen molar-refractivity contribution in [2.75, 3.05) is 13.3 Å². The smallest absolute Gasteiger partial charge is 0.226 e. The zero-order valence-electron chi connectivity index (χ0n) is 10.8. The quantitative estimate of drug-likeness (QED) is 0.426. The highest BCUT2D eigenvalue weighted by Crippen LogP contribution is 2.35. The van der Waals surface area contributed by atoms with Crippen LogP contribution in [0.2, 0.25) is 0 Å². The van der Waals surface area contributed by atoms with Crippen LogP contribution in [0.4, 0.5) is 0 Å². The summed E-state index contributed by atoms with van der Waals surface area (Å²) in [4.78, 5) is 0. The minimum Gasteiger partial charge on any atom is -1.00 e. The van der Waals surface area contributed by atoms with E-state index in [-0.39, 0.29) is 24.0 Å². The monoisotopic (exact) mass is 377 g/mol. The van der Waals surface area contributed by atoms with E-state index in [0.717, 1.165) is 11.3 Å². The highest BCUT2D eigenvalue weighted by Gasteiger charge is 2.09. The molecular formula is C13H17INO2P. The number of halogens is 1. The topological polar surface area (TPSA) is 22.3 Å². The van der Waals surface area contributed by atoms with E-state index in [1.165, 1.54) is 5.39 Å². The maximum atomic E-state index is 5.75. The molecule has 0 aliphatic rings. The molecule has 0 saturated carbocycles. The predicted molar refractivity (Wildman–Crippen MR) is 70.2 cm³/mol. The van der Waals surface area contributed by atoms with Crippen LogP contribution in [0.5, 0.6) is 5.75 Å². The molecule has 0 saturated heterocycles. The van der Waals surface area contributed by atoms with Gasteiger partial charge in [0.1, 0.15) is 12.8 Å². The summed E-state index contributed by atoms with van der Waals surface area (Å²) in [6.45, 7) is 4.63. The van der Waals surface area contributed by atoms with Crippen molar-refractivity contribution in [3.05, 3.63) is 36.5 Å². The van der Waals surface area contributed by atoms with E-state index in [1.54, 1.807) is 0 Å². The van der Waals surface area contributed by atoms with Crippen molar-refractivity contribution < 1.29 is 37.6 Å². The lowest BCUT2D eigenvalue weighted by Gasteiger charge is -2.12. The second-order valence-electron chi connectivity index (χ2n) is 3.79. The molecule has 0 fully saturated rings. The Balaban J connectivity index is 0.00000162. The molecule has 0 aliphatic heterocycles. The van der Waals surface area contributed by atoms with Gasteiger partial charge in [0.05, 0.1) is 12.7 Å². The molecule has 1 unspecified atom stereocenters. The minimum atomic E-state index is -0.831. The summed E-state index contributed by atoms with van der Waals surface area (Å²) in [5, 5.41) is 1.21. The molecule has 0 N–H and O–H groups in total. The second kappa shape index (κ2) is 7.22. The van der Waals surface area contributed by atoms with E-state index in [0.29, 0.717) is 6.61 Å². The Bertz CT molecular complexity index is 521. The normalized spacial score (nSPS) is 11.9. The maximum absolute atomic E-state index is 5.75. The Kier molecular flexibility index (Phi) is 6.26. The van der Waals surface area contributed by atoms with E-state index in [1.807, 2.05) is 45.0 Å². The zero-order chi connectivity index (χ0) is 12.3. The van der Waals surface area contributed by atoms with Gasteiger partial charge >= 0.3 is 0 Å². The molecule has 1 aromatic heterocycles. The first-order valence-corrected chi connectivity index (χ1v) is 7.26. The van der Waals surface area contributed by atoms with Gasteiger partial charge in [0, 0.05) is 18.1 Å². The van der Waals surface area contributed by atoms with Crippen LogP contribution in [0, 0.1) is 0 Å². The largest absolute Gasteiger partial charge is 1.00 e. The van der Waals surface area contributed by atoms with Gasteiger partial charge in [-0.15, -0.1) is 0 Å². The Morgan fingerprint density at radius 1 is 1.28 bits per heavy atom. The highest BCUT2D eigenvalue weighted by molar-refractivity contribution is 7.46. The molecule has 0 aliphatic carbocycles. The van der Waals surface area contributed by atoms with E-state index in [9.17, 15) is 0 Å². The van der Waals surface area contributed by atoms with Crippen molar-refractivity contribution in [1.29, 1.82) is 0 Å². The molecule has 1 atom stereocenters. The summed E-state index contributed by atoms with van der Waals surface area (Å²) in [6, 6.07) is 10.2. The predicted octanol–water partition coefficient (Wildman–Crippen LogP) is 0.0253. The lowest BCUT2D eigenvalue weighted by Crippen LogP contribution is -3.00. The molecule has 3 nitrogen and oxygen atoms in total. The lowest BCUT2D eigenvalue weighted by atomic mass is 10.2. The summed E-state index contributed by atoms with van der Waals surface area (Å²) in [7, 11) is 1.20. The van der Waals surface area contributed by atoms with Crippen molar-refractivity contribution >= 4 is 19.3 Å². The van der Waals surface area contributed by atoms with Gasteiger partial charge < -0.3 is 33.0 Å². The fourth-order valence-electron chi connectivity index (χ4n) is 1.74. The number of pyridine rings is 1. The fourth-order valence-corrected chi connectivity index (χ4v) is 2.57. The standard InChI is InChI=1S/C13H17NO2P.HI/c1-4-15-17(3)16-12-8-7-11-6-5-9-14(2)13(11)10-12;/h5-10H,4H2,1-3H3;1H/q+1;/p-1. The first kappa shape index (κ1) is 15.6. The van der Waals surface area contributed by atoms with Crippen LogP contribution in [0.1, 0.15) is 6.92 Å². The average Bonchev–Trinajstić information content (AvgIpc) is 2.30. The third-order valence-electron chi connectivity index (χ3n) is 2.51. The van der Waals surface area contributed by atoms with Crippen LogP contribution in [-0.4, -0.2) is 13.3 Å². The Labute approximate surface area is 126 Å². The molecule has 0 radical (unpaired) electrons. The molecule has 1 heterocycles. The summed E-state index contributed by atoms with van der Waals surface area (Å²) in [6.07, 6.45) is 2.03. The van der Waals surface area contributed by atoms with Crippen LogP contribution in [0.25, 0.3) is 10.9 Å². The van der Waals surface area contributed by atoms with E-state index < -0.39 is 8.38 Å². The molecule has 0 bridgehead atoms. The van der Waals surface area contributed by atoms with E-state index >= 15 is 0 Å². The Morgan fingerprint density at radius 2 is 2.06 bits per heavy atom. The van der Waals surface area contributed by atoms with Gasteiger partial charge in [0.15, 0.2) is 6.20 Å². The van der Waals surface area contributed by atoms with Gasteiger partial charge in [-0.2, -0.15) is 0 Å². The molecule has 0 amide bonds. The molecular weight excluding hydrogens is 360 g/mol. The Morgan fingerprint density at radius 3 is 2.78 bits per heavy atom. The van der Waals surface area contributed by atoms with E-state index in [4.69, 9.17) is 9.05 Å². The molecule has 18 heavy (non-hydrogen) atoms. The number of nitrogens with zero attached hydrogens (tertiary/aromatic N) is 1.